The van der Waals surface area contributed by atoms with Crippen LogP contribution in [-0.4, -0.2) is 11.0 Å². The molecule has 0 radical (unpaired) electrons. The molecule has 110 valence electrons. The maximum absolute atomic E-state index is 12.4. The van der Waals surface area contributed by atoms with Gasteiger partial charge in [0.15, 0.2) is 0 Å². The molecule has 1 atom stereocenters. The molecule has 0 aliphatic carbocycles. The summed E-state index contributed by atoms with van der Waals surface area (Å²) >= 11 is 0. The summed E-state index contributed by atoms with van der Waals surface area (Å²) in [6.45, 7) is 1.70. The quantitative estimate of drug-likeness (QED) is 0.761. The molecular weight excluding hydrogens is 274 g/mol. The van der Waals surface area contributed by atoms with Gasteiger partial charge in [0.2, 0.25) is 0 Å². The van der Waals surface area contributed by atoms with Crippen LogP contribution in [0.1, 0.15) is 28.9 Å². The monoisotopic (exact) mass is 291 g/mol. The summed E-state index contributed by atoms with van der Waals surface area (Å²) in [6.07, 6.45) is -0.558. The molecule has 1 amide bonds. The predicted molar refractivity (Wildman–Crippen MR) is 89.0 cm³/mol. The number of amides is 1. The molecule has 3 heteroatoms. The average Bonchev–Trinajstić information content (AvgIpc) is 2.54. The number of aliphatic hydroxyl groups is 1. The second-order valence-corrected chi connectivity index (χ2v) is 5.32. The topological polar surface area (TPSA) is 49.3 Å². The maximum atomic E-state index is 12.4. The van der Waals surface area contributed by atoms with Crippen molar-refractivity contribution in [3.05, 3.63) is 77.9 Å². The van der Waals surface area contributed by atoms with Crippen LogP contribution in [0.15, 0.2) is 66.7 Å². The van der Waals surface area contributed by atoms with Crippen LogP contribution in [-0.2, 0) is 0 Å². The van der Waals surface area contributed by atoms with E-state index in [0.29, 0.717) is 11.3 Å². The first-order valence-electron chi connectivity index (χ1n) is 7.22. The third kappa shape index (κ3) is 3.00. The zero-order chi connectivity index (χ0) is 15.5. The number of fused-ring (bicyclic) bond motifs is 1. The normalized spacial score (nSPS) is 12.1. The van der Waals surface area contributed by atoms with E-state index in [1.807, 2.05) is 60.7 Å². The van der Waals surface area contributed by atoms with E-state index in [4.69, 9.17) is 0 Å². The summed E-state index contributed by atoms with van der Waals surface area (Å²) in [5.41, 5.74) is 2.06. The van der Waals surface area contributed by atoms with Crippen LogP contribution in [0.25, 0.3) is 10.8 Å². The Morgan fingerprint density at radius 2 is 1.73 bits per heavy atom. The van der Waals surface area contributed by atoms with Crippen molar-refractivity contribution in [3.8, 4) is 0 Å². The van der Waals surface area contributed by atoms with E-state index in [1.54, 1.807) is 13.0 Å². The van der Waals surface area contributed by atoms with Gasteiger partial charge in [-0.2, -0.15) is 0 Å². The first-order valence-corrected chi connectivity index (χ1v) is 7.22. The molecule has 0 bridgehead atoms. The largest absolute Gasteiger partial charge is 0.389 e. The lowest BCUT2D eigenvalue weighted by atomic mass is 10.1. The van der Waals surface area contributed by atoms with Gasteiger partial charge in [0.25, 0.3) is 5.91 Å². The van der Waals surface area contributed by atoms with Crippen LogP contribution < -0.4 is 5.32 Å². The van der Waals surface area contributed by atoms with Gasteiger partial charge in [-0.05, 0) is 47.5 Å². The molecule has 22 heavy (non-hydrogen) atoms. The Morgan fingerprint density at radius 1 is 0.955 bits per heavy atom. The van der Waals surface area contributed by atoms with Crippen molar-refractivity contribution >= 4 is 22.4 Å². The third-order valence-corrected chi connectivity index (χ3v) is 3.64. The highest BCUT2D eigenvalue weighted by molar-refractivity contribution is 6.06. The van der Waals surface area contributed by atoms with Crippen LogP contribution in [0, 0.1) is 0 Å². The maximum Gasteiger partial charge on any atom is 0.255 e. The van der Waals surface area contributed by atoms with Crippen molar-refractivity contribution in [1.29, 1.82) is 0 Å². The minimum Gasteiger partial charge on any atom is -0.389 e. The van der Waals surface area contributed by atoms with Crippen molar-refractivity contribution in [2.45, 2.75) is 13.0 Å². The molecule has 0 spiro atoms. The SMILES string of the molecule is C[C@@H](O)c1cccc(NC(=O)c2ccc3ccccc3c2)c1. The van der Waals surface area contributed by atoms with E-state index in [1.165, 1.54) is 0 Å². The van der Waals surface area contributed by atoms with Crippen molar-refractivity contribution in [1.82, 2.24) is 0 Å². The van der Waals surface area contributed by atoms with Gasteiger partial charge in [-0.1, -0.05) is 42.5 Å². The van der Waals surface area contributed by atoms with E-state index < -0.39 is 6.10 Å². The Balaban J connectivity index is 1.85. The fraction of sp³-hybridized carbons (Fsp3) is 0.105. The number of hydrogen-bond acceptors (Lipinski definition) is 2. The third-order valence-electron chi connectivity index (χ3n) is 3.64. The van der Waals surface area contributed by atoms with Crippen LogP contribution in [0.2, 0.25) is 0 Å². The molecule has 3 aromatic carbocycles. The molecule has 3 nitrogen and oxygen atoms in total. The number of hydrogen-bond donors (Lipinski definition) is 2. The zero-order valence-corrected chi connectivity index (χ0v) is 12.3. The summed E-state index contributed by atoms with van der Waals surface area (Å²) in [7, 11) is 0. The zero-order valence-electron chi connectivity index (χ0n) is 12.3. The van der Waals surface area contributed by atoms with E-state index in [9.17, 15) is 9.90 Å². The fourth-order valence-corrected chi connectivity index (χ4v) is 2.41. The molecule has 0 aliphatic rings. The second kappa shape index (κ2) is 6.00. The first-order chi connectivity index (χ1) is 10.6. The van der Waals surface area contributed by atoms with Gasteiger partial charge in [-0.15, -0.1) is 0 Å². The van der Waals surface area contributed by atoms with Gasteiger partial charge in [-0.25, -0.2) is 0 Å². The number of rotatable bonds is 3. The molecule has 0 unspecified atom stereocenters. The lowest BCUT2D eigenvalue weighted by Crippen LogP contribution is -2.12. The Labute approximate surface area is 129 Å². The number of carbonyl (C=O) groups is 1. The predicted octanol–water partition coefficient (Wildman–Crippen LogP) is 4.15. The minimum absolute atomic E-state index is 0.159. The summed E-state index contributed by atoms with van der Waals surface area (Å²) in [5.74, 6) is -0.159. The molecule has 2 N–H and O–H groups in total. The molecule has 0 saturated heterocycles. The van der Waals surface area contributed by atoms with E-state index in [2.05, 4.69) is 5.32 Å². The van der Waals surface area contributed by atoms with Crippen molar-refractivity contribution in [3.63, 3.8) is 0 Å². The lowest BCUT2D eigenvalue weighted by Gasteiger charge is -2.09. The van der Waals surface area contributed by atoms with Crippen LogP contribution in [0.3, 0.4) is 0 Å². The highest BCUT2D eigenvalue weighted by Gasteiger charge is 2.08. The smallest absolute Gasteiger partial charge is 0.255 e. The highest BCUT2D eigenvalue weighted by atomic mass is 16.3. The number of benzene rings is 3. The summed E-state index contributed by atoms with van der Waals surface area (Å²) in [6, 6.07) is 20.8. The molecule has 0 aliphatic heterocycles. The second-order valence-electron chi connectivity index (χ2n) is 5.32. The van der Waals surface area contributed by atoms with Crippen molar-refractivity contribution < 1.29 is 9.90 Å². The van der Waals surface area contributed by atoms with E-state index in [0.717, 1.165) is 16.3 Å². The number of nitrogens with one attached hydrogen (secondary N) is 1. The van der Waals surface area contributed by atoms with Gasteiger partial charge in [0.05, 0.1) is 6.10 Å². The van der Waals surface area contributed by atoms with E-state index >= 15 is 0 Å². The molecule has 3 rings (SSSR count). The highest BCUT2D eigenvalue weighted by Crippen LogP contribution is 2.19. The average molecular weight is 291 g/mol. The fourth-order valence-electron chi connectivity index (χ4n) is 2.41. The van der Waals surface area contributed by atoms with Gasteiger partial charge in [0, 0.05) is 11.3 Å². The number of carbonyl (C=O) groups excluding carboxylic acids is 1. The first kappa shape index (κ1) is 14.3. The molecule has 0 aromatic heterocycles. The van der Waals surface area contributed by atoms with Gasteiger partial charge in [0.1, 0.15) is 0 Å². The van der Waals surface area contributed by atoms with Crippen LogP contribution in [0.4, 0.5) is 5.69 Å². The standard InChI is InChI=1S/C19H17NO2/c1-13(21)15-7-4-8-18(12-15)20-19(22)17-10-9-14-5-2-3-6-16(14)11-17/h2-13,21H,1H3,(H,20,22)/t13-/m1/s1. The summed E-state index contributed by atoms with van der Waals surface area (Å²) < 4.78 is 0. The molecular formula is C19H17NO2. The summed E-state index contributed by atoms with van der Waals surface area (Å²) in [4.78, 5) is 12.4. The van der Waals surface area contributed by atoms with Crippen molar-refractivity contribution in [2.24, 2.45) is 0 Å². The Kier molecular flexibility index (Phi) is 3.90. The van der Waals surface area contributed by atoms with Crippen LogP contribution >= 0.6 is 0 Å². The van der Waals surface area contributed by atoms with Crippen LogP contribution in [0.5, 0.6) is 0 Å². The summed E-state index contributed by atoms with van der Waals surface area (Å²) in [5, 5.41) is 14.6. The minimum atomic E-state index is -0.558. The Morgan fingerprint density at radius 3 is 2.50 bits per heavy atom. The Bertz CT molecular complexity index is 824. The number of anilines is 1. The van der Waals surface area contributed by atoms with Crippen molar-refractivity contribution in [2.75, 3.05) is 5.32 Å². The molecule has 3 aromatic rings. The van der Waals surface area contributed by atoms with E-state index in [-0.39, 0.29) is 5.91 Å². The molecule has 0 heterocycles. The van der Waals surface area contributed by atoms with Gasteiger partial charge in [-0.3, -0.25) is 4.79 Å². The Hall–Kier alpha value is -2.65. The van der Waals surface area contributed by atoms with Gasteiger partial charge < -0.3 is 10.4 Å². The molecule has 0 saturated carbocycles. The molecule has 0 fully saturated rings. The van der Waals surface area contributed by atoms with Gasteiger partial charge >= 0.3 is 0 Å². The number of aliphatic hydroxyl groups excluding tert-OH is 1. The lowest BCUT2D eigenvalue weighted by molar-refractivity contribution is 0.102.